The van der Waals surface area contributed by atoms with E-state index in [0.717, 1.165) is 12.8 Å². The molecule has 0 heterocycles. The van der Waals surface area contributed by atoms with Gasteiger partial charge in [0, 0.05) is 13.6 Å². The highest BCUT2D eigenvalue weighted by atomic mass is 16.4. The van der Waals surface area contributed by atoms with Gasteiger partial charge in [-0.3, -0.25) is 0 Å². The number of nitrogens with zero attached hydrogens (tertiary/aromatic N) is 1. The van der Waals surface area contributed by atoms with Gasteiger partial charge in [0.2, 0.25) is 0 Å². The maximum absolute atomic E-state index is 11.9. The smallest absolute Gasteiger partial charge is 0.329 e. The fourth-order valence-electron chi connectivity index (χ4n) is 1.89. The van der Waals surface area contributed by atoms with Crippen molar-refractivity contribution in [2.45, 2.75) is 46.1 Å². The van der Waals surface area contributed by atoms with Crippen molar-refractivity contribution in [3.63, 3.8) is 0 Å². The van der Waals surface area contributed by atoms with E-state index in [2.05, 4.69) is 19.2 Å². The zero-order chi connectivity index (χ0) is 14.1. The standard InChI is InChI=1S/C13H24N2O3/c1-9(2)13(6-7-13)8-14-11(18)15(5)12(3,4)10(16)17/h9H,6-8H2,1-5H3,(H,14,18)(H,16,17). The predicted molar refractivity (Wildman–Crippen MR) is 69.4 cm³/mol. The largest absolute Gasteiger partial charge is 0.480 e. The van der Waals surface area contributed by atoms with Crippen LogP contribution in [-0.2, 0) is 4.79 Å². The maximum Gasteiger partial charge on any atom is 0.329 e. The first-order valence-electron chi connectivity index (χ1n) is 6.38. The summed E-state index contributed by atoms with van der Waals surface area (Å²) in [5.41, 5.74) is -0.970. The van der Waals surface area contributed by atoms with E-state index >= 15 is 0 Å². The molecule has 0 saturated heterocycles. The predicted octanol–water partition coefficient (Wildman–Crippen LogP) is 1.93. The average molecular weight is 256 g/mol. The highest BCUT2D eigenvalue weighted by Gasteiger charge is 2.46. The van der Waals surface area contributed by atoms with Crippen LogP contribution in [0, 0.1) is 11.3 Å². The summed E-state index contributed by atoms with van der Waals surface area (Å²) in [6, 6.07) is -0.325. The van der Waals surface area contributed by atoms with Crippen LogP contribution in [0.4, 0.5) is 4.79 Å². The van der Waals surface area contributed by atoms with Crippen LogP contribution in [0.5, 0.6) is 0 Å². The first-order valence-corrected chi connectivity index (χ1v) is 6.38. The van der Waals surface area contributed by atoms with E-state index in [0.29, 0.717) is 12.5 Å². The van der Waals surface area contributed by atoms with Crippen LogP contribution in [0.1, 0.15) is 40.5 Å². The van der Waals surface area contributed by atoms with Crippen LogP contribution in [0.2, 0.25) is 0 Å². The van der Waals surface area contributed by atoms with Crippen molar-refractivity contribution < 1.29 is 14.7 Å². The Labute approximate surface area is 109 Å². The fraction of sp³-hybridized carbons (Fsp3) is 0.846. The Kier molecular flexibility index (Phi) is 3.93. The molecular weight excluding hydrogens is 232 g/mol. The second kappa shape index (κ2) is 4.78. The van der Waals surface area contributed by atoms with Gasteiger partial charge in [0.25, 0.3) is 0 Å². The molecule has 0 aliphatic heterocycles. The molecule has 0 unspecified atom stereocenters. The summed E-state index contributed by atoms with van der Waals surface area (Å²) in [7, 11) is 1.51. The van der Waals surface area contributed by atoms with Crippen LogP contribution < -0.4 is 5.32 Å². The normalized spacial score (nSPS) is 17.4. The van der Waals surface area contributed by atoms with E-state index in [1.54, 1.807) is 0 Å². The Morgan fingerprint density at radius 2 is 1.89 bits per heavy atom. The minimum Gasteiger partial charge on any atom is -0.480 e. The lowest BCUT2D eigenvalue weighted by atomic mass is 9.92. The fourth-order valence-corrected chi connectivity index (χ4v) is 1.89. The third kappa shape index (κ3) is 2.76. The number of carbonyl (C=O) groups is 2. The number of amides is 2. The summed E-state index contributed by atoms with van der Waals surface area (Å²) in [4.78, 5) is 24.3. The number of hydrogen-bond acceptors (Lipinski definition) is 2. The Morgan fingerprint density at radius 1 is 1.39 bits per heavy atom. The molecule has 0 atom stereocenters. The third-order valence-electron chi connectivity index (χ3n) is 4.38. The minimum absolute atomic E-state index is 0.226. The first-order chi connectivity index (χ1) is 8.13. The molecule has 0 bridgehead atoms. The highest BCUT2D eigenvalue weighted by Crippen LogP contribution is 2.51. The van der Waals surface area contributed by atoms with Crippen LogP contribution in [-0.4, -0.2) is 41.1 Å². The van der Waals surface area contributed by atoms with Crippen molar-refractivity contribution >= 4 is 12.0 Å². The quantitative estimate of drug-likeness (QED) is 0.789. The Morgan fingerprint density at radius 3 is 2.22 bits per heavy atom. The van der Waals surface area contributed by atoms with Gasteiger partial charge in [0.1, 0.15) is 5.54 Å². The van der Waals surface area contributed by atoms with Crippen LogP contribution in [0.25, 0.3) is 0 Å². The average Bonchev–Trinajstić information content (AvgIpc) is 3.05. The van der Waals surface area contributed by atoms with Gasteiger partial charge < -0.3 is 15.3 Å². The van der Waals surface area contributed by atoms with Crippen molar-refractivity contribution in [3.05, 3.63) is 0 Å². The first kappa shape index (κ1) is 14.8. The van der Waals surface area contributed by atoms with Gasteiger partial charge in [0.15, 0.2) is 0 Å². The SMILES string of the molecule is CC(C)C1(CNC(=O)N(C)C(C)(C)C(=O)O)CC1. The van der Waals surface area contributed by atoms with E-state index in [1.807, 2.05) is 0 Å². The van der Waals surface area contributed by atoms with E-state index in [4.69, 9.17) is 5.11 Å². The summed E-state index contributed by atoms with van der Waals surface area (Å²) in [6.45, 7) is 7.98. The summed E-state index contributed by atoms with van der Waals surface area (Å²) >= 11 is 0. The maximum atomic E-state index is 11.9. The molecule has 5 heteroatoms. The van der Waals surface area contributed by atoms with Crippen LogP contribution in [0.15, 0.2) is 0 Å². The summed E-state index contributed by atoms with van der Waals surface area (Å²) in [5.74, 6) is -0.472. The van der Waals surface area contributed by atoms with E-state index in [-0.39, 0.29) is 11.4 Å². The van der Waals surface area contributed by atoms with Crippen LogP contribution >= 0.6 is 0 Å². The second-order valence-corrected chi connectivity index (χ2v) is 6.10. The lowest BCUT2D eigenvalue weighted by Crippen LogP contribution is -2.54. The van der Waals surface area contributed by atoms with Gasteiger partial charge in [0.05, 0.1) is 0 Å². The number of aliphatic carboxylic acids is 1. The molecule has 104 valence electrons. The molecule has 1 saturated carbocycles. The molecule has 1 aliphatic rings. The Hall–Kier alpha value is -1.26. The van der Waals surface area contributed by atoms with Crippen LogP contribution in [0.3, 0.4) is 0 Å². The molecule has 18 heavy (non-hydrogen) atoms. The lowest BCUT2D eigenvalue weighted by molar-refractivity contribution is -0.146. The molecule has 1 aliphatic carbocycles. The molecule has 0 radical (unpaired) electrons. The zero-order valence-electron chi connectivity index (χ0n) is 11.9. The van der Waals surface area contributed by atoms with E-state index < -0.39 is 11.5 Å². The monoisotopic (exact) mass is 256 g/mol. The number of rotatable bonds is 5. The topological polar surface area (TPSA) is 69.6 Å². The highest BCUT2D eigenvalue weighted by molar-refractivity contribution is 5.85. The van der Waals surface area contributed by atoms with Gasteiger partial charge in [-0.15, -0.1) is 0 Å². The summed E-state index contributed by atoms with van der Waals surface area (Å²) in [6.07, 6.45) is 2.27. The van der Waals surface area contributed by atoms with Gasteiger partial charge in [-0.1, -0.05) is 13.8 Å². The zero-order valence-corrected chi connectivity index (χ0v) is 11.9. The molecule has 1 fully saturated rings. The third-order valence-corrected chi connectivity index (χ3v) is 4.38. The lowest BCUT2D eigenvalue weighted by Gasteiger charge is -2.32. The van der Waals surface area contributed by atoms with E-state index in [1.165, 1.54) is 25.8 Å². The summed E-state index contributed by atoms with van der Waals surface area (Å²) < 4.78 is 0. The molecule has 1 rings (SSSR count). The molecule has 0 aromatic rings. The van der Waals surface area contributed by atoms with E-state index in [9.17, 15) is 9.59 Å². The number of nitrogens with one attached hydrogen (secondary N) is 1. The molecule has 0 spiro atoms. The number of urea groups is 1. The molecule has 0 aromatic carbocycles. The second-order valence-electron chi connectivity index (χ2n) is 6.10. The number of carboxylic acids is 1. The van der Waals surface area contributed by atoms with Crippen molar-refractivity contribution in [2.75, 3.05) is 13.6 Å². The van der Waals surface area contributed by atoms with Crippen molar-refractivity contribution in [2.24, 2.45) is 11.3 Å². The number of likely N-dealkylation sites (N-methyl/N-ethyl adjacent to an activating group) is 1. The number of carboxylic acid groups (broad SMARTS) is 1. The Balaban J connectivity index is 2.54. The van der Waals surface area contributed by atoms with Crippen molar-refractivity contribution in [1.29, 1.82) is 0 Å². The Bertz CT molecular complexity index is 346. The summed E-state index contributed by atoms with van der Waals surface area (Å²) in [5, 5.41) is 11.9. The van der Waals surface area contributed by atoms with Gasteiger partial charge in [-0.25, -0.2) is 9.59 Å². The number of hydrogen-bond donors (Lipinski definition) is 2. The molecule has 0 aromatic heterocycles. The van der Waals surface area contributed by atoms with Gasteiger partial charge >= 0.3 is 12.0 Å². The molecule has 2 amide bonds. The van der Waals surface area contributed by atoms with Gasteiger partial charge in [-0.05, 0) is 38.0 Å². The van der Waals surface area contributed by atoms with Crippen molar-refractivity contribution in [3.8, 4) is 0 Å². The van der Waals surface area contributed by atoms with Crippen molar-refractivity contribution in [1.82, 2.24) is 10.2 Å². The molecular formula is C13H24N2O3. The minimum atomic E-state index is -1.20. The molecule has 2 N–H and O–H groups in total. The number of carbonyl (C=O) groups excluding carboxylic acids is 1. The molecule has 5 nitrogen and oxygen atoms in total. The van der Waals surface area contributed by atoms with Gasteiger partial charge in [-0.2, -0.15) is 0 Å².